The molecule has 3 aromatic carbocycles. The van der Waals surface area contributed by atoms with Crippen LogP contribution in [0.3, 0.4) is 0 Å². The lowest BCUT2D eigenvalue weighted by Gasteiger charge is -2.42. The van der Waals surface area contributed by atoms with E-state index in [1.807, 2.05) is 61.5 Å². The van der Waals surface area contributed by atoms with Crippen LogP contribution in [0.5, 0.6) is 5.75 Å². The normalized spacial score (nSPS) is 15.7. The Morgan fingerprint density at radius 2 is 1.71 bits per heavy atom. The number of nitrogens with zero attached hydrogens (tertiary/aromatic N) is 3. The minimum atomic E-state index is -0.177. The minimum Gasteiger partial charge on any atom is -0.497 e. The van der Waals surface area contributed by atoms with Gasteiger partial charge in [-0.05, 0) is 73.7 Å². The number of ether oxygens (including phenoxy) is 1. The Morgan fingerprint density at radius 1 is 0.974 bits per heavy atom. The zero-order valence-corrected chi connectivity index (χ0v) is 21.9. The Hall–Kier alpha value is -4.19. The molecule has 0 saturated heterocycles. The van der Waals surface area contributed by atoms with Crippen molar-refractivity contribution in [2.75, 3.05) is 12.5 Å². The molecule has 2 aliphatic rings. The molecule has 2 aliphatic carbocycles. The van der Waals surface area contributed by atoms with Crippen LogP contribution >= 0.6 is 0 Å². The van der Waals surface area contributed by atoms with Crippen LogP contribution in [0.15, 0.2) is 82.7 Å². The Balaban J connectivity index is 1.52. The maximum absolute atomic E-state index is 14.5. The molecule has 4 aromatic rings. The summed E-state index contributed by atoms with van der Waals surface area (Å²) in [5, 5.41) is 4.48. The molecule has 0 atom stereocenters. The van der Waals surface area contributed by atoms with Gasteiger partial charge < -0.3 is 4.74 Å². The lowest BCUT2D eigenvalue weighted by molar-refractivity contribution is 0.284. The quantitative estimate of drug-likeness (QED) is 0.252. The number of anilines is 1. The van der Waals surface area contributed by atoms with Crippen molar-refractivity contribution in [3.63, 3.8) is 0 Å². The van der Waals surface area contributed by atoms with Gasteiger partial charge >= 0.3 is 0 Å². The number of methoxy groups -OCH3 is 1. The topological polar surface area (TPSA) is 68.5 Å². The summed E-state index contributed by atoms with van der Waals surface area (Å²) in [4.78, 5) is 19.7. The highest BCUT2D eigenvalue weighted by molar-refractivity contribution is 5.80. The molecule has 1 N–H and O–H groups in total. The number of hydrogen-bond acceptors (Lipinski definition) is 5. The van der Waals surface area contributed by atoms with E-state index in [9.17, 15) is 4.79 Å². The summed E-state index contributed by atoms with van der Waals surface area (Å²) in [5.41, 5.74) is 9.73. The van der Waals surface area contributed by atoms with Crippen molar-refractivity contribution in [3.8, 4) is 22.7 Å². The lowest BCUT2D eigenvalue weighted by atomic mass is 9.62. The van der Waals surface area contributed by atoms with Crippen molar-refractivity contribution in [3.05, 3.63) is 105 Å². The van der Waals surface area contributed by atoms with Gasteiger partial charge in [-0.3, -0.25) is 4.79 Å². The molecule has 6 nitrogen and oxygen atoms in total. The number of aryl methyl sites for hydroxylation is 1. The summed E-state index contributed by atoms with van der Waals surface area (Å²) in [6, 6.07) is 24.1. The van der Waals surface area contributed by atoms with E-state index in [0.717, 1.165) is 71.5 Å². The molecule has 38 heavy (non-hydrogen) atoms. The summed E-state index contributed by atoms with van der Waals surface area (Å²) in [5.74, 6) is 1.19. The van der Waals surface area contributed by atoms with Crippen LogP contribution in [0.4, 0.5) is 5.95 Å². The largest absolute Gasteiger partial charge is 0.497 e. The Kier molecular flexibility index (Phi) is 6.32. The number of benzene rings is 3. The second kappa shape index (κ2) is 9.93. The molecule has 6 heteroatoms. The number of rotatable bonds is 5. The Labute approximate surface area is 223 Å². The number of fused-ring (bicyclic) bond motifs is 4. The van der Waals surface area contributed by atoms with E-state index in [1.165, 1.54) is 12.0 Å². The van der Waals surface area contributed by atoms with E-state index in [4.69, 9.17) is 9.72 Å². The fourth-order valence-corrected chi connectivity index (χ4v) is 6.07. The van der Waals surface area contributed by atoms with E-state index in [1.54, 1.807) is 17.9 Å². The predicted molar refractivity (Wildman–Crippen MR) is 153 cm³/mol. The van der Waals surface area contributed by atoms with E-state index >= 15 is 0 Å². The first-order valence-electron chi connectivity index (χ1n) is 13.3. The Bertz CT molecular complexity index is 1550. The van der Waals surface area contributed by atoms with Crippen LogP contribution in [0.1, 0.15) is 54.4 Å². The van der Waals surface area contributed by atoms with Gasteiger partial charge in [0.25, 0.3) is 5.56 Å². The van der Waals surface area contributed by atoms with Gasteiger partial charge in [0.15, 0.2) is 0 Å². The van der Waals surface area contributed by atoms with Crippen molar-refractivity contribution < 1.29 is 4.74 Å². The van der Waals surface area contributed by atoms with Gasteiger partial charge in [0.2, 0.25) is 5.95 Å². The van der Waals surface area contributed by atoms with Crippen LogP contribution in [-0.2, 0) is 11.8 Å². The van der Waals surface area contributed by atoms with Gasteiger partial charge in [-0.2, -0.15) is 5.10 Å². The van der Waals surface area contributed by atoms with E-state index in [0.29, 0.717) is 5.95 Å². The van der Waals surface area contributed by atoms with Crippen molar-refractivity contribution in [1.82, 2.24) is 9.55 Å². The molecule has 6 rings (SSSR count). The molecule has 1 heterocycles. The lowest BCUT2D eigenvalue weighted by Crippen LogP contribution is -2.42. The molecule has 1 fully saturated rings. The minimum absolute atomic E-state index is 0.00240. The molecule has 1 spiro atoms. The SMILES string of the molecule is COc1ccc(C=NNc2nc3c(c(=O)n2-c2ccc(C)cc2)C2(CCCCC2)Cc2ccccc2-3)cc1. The standard InChI is InChI=1S/C32H32N4O2/c1-22-10-14-25(15-11-22)36-30(37)28-29(34-31(36)35-33-21-23-12-16-26(38-2)17-13-23)27-9-5-4-8-24(27)20-32(28)18-6-3-7-19-32/h4-5,8-17,21H,3,6-7,18-20H2,1-2H3,(H,34,35). The second-order valence-corrected chi connectivity index (χ2v) is 10.5. The first kappa shape index (κ1) is 24.2. The first-order chi connectivity index (χ1) is 18.6. The average Bonchev–Trinajstić information content (AvgIpc) is 2.94. The zero-order chi connectivity index (χ0) is 26.1. The summed E-state index contributed by atoms with van der Waals surface area (Å²) >= 11 is 0. The number of nitrogens with one attached hydrogen (secondary N) is 1. The van der Waals surface area contributed by atoms with Crippen molar-refractivity contribution >= 4 is 12.2 Å². The van der Waals surface area contributed by atoms with Crippen molar-refractivity contribution in [2.24, 2.45) is 5.10 Å². The molecule has 0 amide bonds. The van der Waals surface area contributed by atoms with Crippen LogP contribution in [0.2, 0.25) is 0 Å². The van der Waals surface area contributed by atoms with E-state index in [-0.39, 0.29) is 11.0 Å². The molecule has 0 unspecified atom stereocenters. The summed E-state index contributed by atoms with van der Waals surface area (Å²) < 4.78 is 6.95. The monoisotopic (exact) mass is 504 g/mol. The summed E-state index contributed by atoms with van der Waals surface area (Å²) in [6.45, 7) is 2.05. The Morgan fingerprint density at radius 3 is 2.45 bits per heavy atom. The predicted octanol–water partition coefficient (Wildman–Crippen LogP) is 6.42. The fraction of sp³-hybridized carbons (Fsp3) is 0.281. The zero-order valence-electron chi connectivity index (χ0n) is 21.9. The molecule has 1 saturated carbocycles. The highest BCUT2D eigenvalue weighted by Crippen LogP contribution is 2.48. The highest BCUT2D eigenvalue weighted by atomic mass is 16.5. The molecular weight excluding hydrogens is 472 g/mol. The third-order valence-corrected chi connectivity index (χ3v) is 8.01. The van der Waals surface area contributed by atoms with Crippen LogP contribution in [0, 0.1) is 6.92 Å². The van der Waals surface area contributed by atoms with Crippen LogP contribution in [-0.4, -0.2) is 22.9 Å². The fourth-order valence-electron chi connectivity index (χ4n) is 6.07. The van der Waals surface area contributed by atoms with Gasteiger partial charge in [-0.1, -0.05) is 61.2 Å². The number of hydrazone groups is 1. The third-order valence-electron chi connectivity index (χ3n) is 8.01. The van der Waals surface area contributed by atoms with Crippen molar-refractivity contribution in [2.45, 2.75) is 50.9 Å². The first-order valence-corrected chi connectivity index (χ1v) is 13.3. The van der Waals surface area contributed by atoms with Crippen LogP contribution in [0.25, 0.3) is 16.9 Å². The van der Waals surface area contributed by atoms with Gasteiger partial charge in [-0.25, -0.2) is 15.0 Å². The molecule has 0 bridgehead atoms. The summed E-state index contributed by atoms with van der Waals surface area (Å²) in [7, 11) is 1.65. The third kappa shape index (κ3) is 4.30. The van der Waals surface area contributed by atoms with E-state index < -0.39 is 0 Å². The van der Waals surface area contributed by atoms with Crippen LogP contribution < -0.4 is 15.7 Å². The number of aromatic nitrogens is 2. The number of hydrogen-bond donors (Lipinski definition) is 1. The molecule has 0 aliphatic heterocycles. The van der Waals surface area contributed by atoms with Crippen molar-refractivity contribution in [1.29, 1.82) is 0 Å². The second-order valence-electron chi connectivity index (χ2n) is 10.5. The molecular formula is C32H32N4O2. The smallest absolute Gasteiger partial charge is 0.263 e. The maximum atomic E-state index is 14.5. The molecule has 192 valence electrons. The van der Waals surface area contributed by atoms with E-state index in [2.05, 4.69) is 28.7 Å². The summed E-state index contributed by atoms with van der Waals surface area (Å²) in [6.07, 6.45) is 8.14. The highest BCUT2D eigenvalue weighted by Gasteiger charge is 2.43. The van der Waals surface area contributed by atoms with Gasteiger partial charge in [0.1, 0.15) is 5.75 Å². The average molecular weight is 505 g/mol. The van der Waals surface area contributed by atoms with Gasteiger partial charge in [0.05, 0.1) is 30.3 Å². The van der Waals surface area contributed by atoms with Gasteiger partial charge in [-0.15, -0.1) is 0 Å². The molecule has 1 aromatic heterocycles. The molecule has 0 radical (unpaired) electrons. The van der Waals surface area contributed by atoms with Gasteiger partial charge in [0, 0.05) is 11.0 Å². The maximum Gasteiger partial charge on any atom is 0.263 e.